The Morgan fingerprint density at radius 3 is 2.34 bits per heavy atom. The fourth-order valence-electron chi connectivity index (χ4n) is 3.86. The molecule has 0 fully saturated rings. The van der Waals surface area contributed by atoms with Crippen LogP contribution in [0.5, 0.6) is 5.75 Å². The average Bonchev–Trinajstić information content (AvgIpc) is 3.24. The molecule has 3 aromatic carbocycles. The number of ether oxygens (including phenoxy) is 1. The van der Waals surface area contributed by atoms with Gasteiger partial charge in [0.2, 0.25) is 10.0 Å². The molecule has 9 heteroatoms. The molecule has 7 nitrogen and oxygen atoms in total. The maximum Gasteiger partial charge on any atom is 0.279 e. The maximum atomic E-state index is 13.2. The van der Waals surface area contributed by atoms with Gasteiger partial charge in [0.05, 0.1) is 16.7 Å². The number of sulfonamides is 1. The molecule has 0 radical (unpaired) electrons. The van der Waals surface area contributed by atoms with Crippen LogP contribution >= 0.6 is 11.3 Å². The third-order valence-electron chi connectivity index (χ3n) is 5.69. The first-order valence-corrected chi connectivity index (χ1v) is 13.5. The summed E-state index contributed by atoms with van der Waals surface area (Å²) in [6.07, 6.45) is 0. The van der Waals surface area contributed by atoms with Crippen molar-refractivity contribution in [2.24, 2.45) is 4.99 Å². The van der Waals surface area contributed by atoms with Gasteiger partial charge in [-0.3, -0.25) is 4.79 Å². The third-order valence-corrected chi connectivity index (χ3v) is 8.67. The number of hydrogen-bond acceptors (Lipinski definition) is 5. The van der Waals surface area contributed by atoms with Gasteiger partial charge in [-0.2, -0.15) is 9.30 Å². The van der Waals surface area contributed by atoms with Gasteiger partial charge >= 0.3 is 0 Å². The number of carbonyl (C=O) groups is 1. The van der Waals surface area contributed by atoms with Crippen LogP contribution in [0.25, 0.3) is 10.2 Å². The summed E-state index contributed by atoms with van der Waals surface area (Å²) >= 11 is 1.41. The molecule has 0 aliphatic carbocycles. The zero-order valence-corrected chi connectivity index (χ0v) is 21.5. The minimum Gasteiger partial charge on any atom is -0.495 e. The Bertz CT molecular complexity index is 1510. The summed E-state index contributed by atoms with van der Waals surface area (Å²) in [5.41, 5.74) is 2.13. The predicted octanol–water partition coefficient (Wildman–Crippen LogP) is 4.68. The molecule has 0 bridgehead atoms. The van der Waals surface area contributed by atoms with Crippen LogP contribution in [-0.2, 0) is 23.1 Å². The van der Waals surface area contributed by atoms with E-state index in [0.717, 1.165) is 21.5 Å². The predicted molar refractivity (Wildman–Crippen MR) is 138 cm³/mol. The molecule has 1 heterocycles. The first-order valence-electron chi connectivity index (χ1n) is 11.3. The van der Waals surface area contributed by atoms with Gasteiger partial charge in [-0.25, -0.2) is 8.42 Å². The topological polar surface area (TPSA) is 81.0 Å². The quantitative estimate of drug-likeness (QED) is 0.345. The van der Waals surface area contributed by atoms with Gasteiger partial charge in [0, 0.05) is 25.2 Å². The van der Waals surface area contributed by atoms with Crippen LogP contribution < -0.4 is 9.54 Å². The van der Waals surface area contributed by atoms with Crippen molar-refractivity contribution >= 4 is 37.5 Å². The first kappa shape index (κ1) is 24.8. The van der Waals surface area contributed by atoms with Crippen LogP contribution in [-0.4, -0.2) is 36.9 Å². The van der Waals surface area contributed by atoms with Crippen molar-refractivity contribution in [2.45, 2.75) is 31.8 Å². The van der Waals surface area contributed by atoms with Crippen molar-refractivity contribution in [2.75, 3.05) is 13.7 Å². The van der Waals surface area contributed by atoms with E-state index >= 15 is 0 Å². The van der Waals surface area contributed by atoms with Crippen molar-refractivity contribution in [1.82, 2.24) is 8.87 Å². The van der Waals surface area contributed by atoms with Crippen molar-refractivity contribution in [1.29, 1.82) is 0 Å². The number of aromatic nitrogens is 1. The minimum absolute atomic E-state index is 0.141. The summed E-state index contributed by atoms with van der Waals surface area (Å²) in [4.78, 5) is 18.0. The van der Waals surface area contributed by atoms with E-state index in [1.165, 1.54) is 39.9 Å². The molecule has 0 unspecified atom stereocenters. The number of fused-ring (bicyclic) bond motifs is 1. The van der Waals surface area contributed by atoms with Crippen molar-refractivity contribution in [3.05, 3.63) is 88.7 Å². The standard InChI is InChI=1S/C26H27N3O4S2/c1-4-28(18-19-10-7-6-8-11-19)35(31,32)21-16-14-20(15-17-21)25(30)27-26-29(5-2)24-22(33-3)12-9-13-23(24)34-26/h6-17H,4-5,18H2,1-3H3. The number of aryl methyl sites for hydroxylation is 1. The van der Waals surface area contributed by atoms with E-state index in [1.54, 1.807) is 14.0 Å². The lowest BCUT2D eigenvalue weighted by Crippen LogP contribution is -2.30. The molecule has 0 aliphatic heterocycles. The van der Waals surface area contributed by atoms with Gasteiger partial charge in [-0.05, 0) is 48.9 Å². The van der Waals surface area contributed by atoms with Crippen LogP contribution in [0.1, 0.15) is 29.8 Å². The Morgan fingerprint density at radius 2 is 1.71 bits per heavy atom. The fourth-order valence-corrected chi connectivity index (χ4v) is 6.41. The number of hydrogen-bond donors (Lipinski definition) is 0. The highest BCUT2D eigenvalue weighted by molar-refractivity contribution is 7.89. The largest absolute Gasteiger partial charge is 0.495 e. The molecule has 1 aromatic heterocycles. The van der Waals surface area contributed by atoms with Crippen LogP contribution in [0.3, 0.4) is 0 Å². The molecular formula is C26H27N3O4S2. The van der Waals surface area contributed by atoms with Gasteiger partial charge in [0.1, 0.15) is 11.3 Å². The normalized spacial score (nSPS) is 12.4. The van der Waals surface area contributed by atoms with Gasteiger partial charge in [0.15, 0.2) is 4.80 Å². The van der Waals surface area contributed by atoms with Crippen LogP contribution in [0.4, 0.5) is 0 Å². The third kappa shape index (κ3) is 5.07. The molecule has 0 atom stereocenters. The molecular weight excluding hydrogens is 482 g/mol. The van der Waals surface area contributed by atoms with E-state index < -0.39 is 15.9 Å². The number of nitrogens with zero attached hydrogens (tertiary/aromatic N) is 3. The second kappa shape index (κ2) is 10.6. The molecule has 4 rings (SSSR count). The van der Waals surface area contributed by atoms with Crippen molar-refractivity contribution < 1.29 is 17.9 Å². The summed E-state index contributed by atoms with van der Waals surface area (Å²) in [7, 11) is -2.10. The van der Waals surface area contributed by atoms with Crippen LogP contribution in [0, 0.1) is 0 Å². The number of methoxy groups -OCH3 is 1. The van der Waals surface area contributed by atoms with Gasteiger partial charge in [-0.1, -0.05) is 54.7 Å². The van der Waals surface area contributed by atoms with Gasteiger partial charge in [0.25, 0.3) is 5.91 Å². The molecule has 1 amide bonds. The maximum absolute atomic E-state index is 13.2. The molecule has 0 saturated heterocycles. The van der Waals surface area contributed by atoms with Crippen molar-refractivity contribution in [3.63, 3.8) is 0 Å². The Balaban J connectivity index is 1.62. The number of benzene rings is 3. The molecule has 0 aliphatic rings. The number of carbonyl (C=O) groups excluding carboxylic acids is 1. The number of thiazole rings is 1. The summed E-state index contributed by atoms with van der Waals surface area (Å²) in [5, 5.41) is 0. The number of para-hydroxylation sites is 1. The number of rotatable bonds is 8. The second-order valence-corrected chi connectivity index (χ2v) is 10.7. The van der Waals surface area contributed by atoms with E-state index in [-0.39, 0.29) is 11.4 Å². The summed E-state index contributed by atoms with van der Waals surface area (Å²) < 4.78 is 36.2. The van der Waals surface area contributed by atoms with Gasteiger partial charge in [-0.15, -0.1) is 0 Å². The zero-order valence-electron chi connectivity index (χ0n) is 19.8. The zero-order chi connectivity index (χ0) is 25.0. The first-order chi connectivity index (χ1) is 16.9. The van der Waals surface area contributed by atoms with Gasteiger partial charge < -0.3 is 9.30 Å². The lowest BCUT2D eigenvalue weighted by atomic mass is 10.2. The van der Waals surface area contributed by atoms with Crippen LogP contribution in [0.2, 0.25) is 0 Å². The SMILES string of the molecule is CCN(Cc1ccccc1)S(=O)(=O)c1ccc(C(=O)N=c2sc3cccc(OC)c3n2CC)cc1. The lowest BCUT2D eigenvalue weighted by Gasteiger charge is -2.20. The molecule has 4 aromatic rings. The van der Waals surface area contributed by atoms with E-state index in [4.69, 9.17) is 4.74 Å². The monoisotopic (exact) mass is 509 g/mol. The van der Waals surface area contributed by atoms with E-state index in [0.29, 0.717) is 23.5 Å². The smallest absolute Gasteiger partial charge is 0.279 e. The highest BCUT2D eigenvalue weighted by Gasteiger charge is 2.23. The number of amides is 1. The lowest BCUT2D eigenvalue weighted by molar-refractivity contribution is 0.0997. The molecule has 182 valence electrons. The summed E-state index contributed by atoms with van der Waals surface area (Å²) in [5.74, 6) is 0.290. The second-order valence-electron chi connectivity index (χ2n) is 7.79. The highest BCUT2D eigenvalue weighted by Crippen LogP contribution is 2.27. The molecule has 0 saturated carbocycles. The fraction of sp³-hybridized carbons (Fsp3) is 0.231. The highest BCUT2D eigenvalue weighted by atomic mass is 32.2. The van der Waals surface area contributed by atoms with Crippen LogP contribution in [0.15, 0.2) is 82.7 Å². The Morgan fingerprint density at radius 1 is 1.00 bits per heavy atom. The van der Waals surface area contributed by atoms with E-state index in [1.807, 2.05) is 60.0 Å². The molecule has 35 heavy (non-hydrogen) atoms. The molecule has 0 spiro atoms. The molecule has 0 N–H and O–H groups in total. The van der Waals surface area contributed by atoms with Crippen molar-refractivity contribution in [3.8, 4) is 5.75 Å². The average molecular weight is 510 g/mol. The Hall–Kier alpha value is -3.27. The Labute approximate surface area is 209 Å². The minimum atomic E-state index is -3.71. The Kier molecular flexibility index (Phi) is 7.49. The van der Waals surface area contributed by atoms with E-state index in [9.17, 15) is 13.2 Å². The summed E-state index contributed by atoms with van der Waals surface area (Å²) in [6.45, 7) is 5.02. The van der Waals surface area contributed by atoms with E-state index in [2.05, 4.69) is 4.99 Å². The summed E-state index contributed by atoms with van der Waals surface area (Å²) in [6, 6.07) is 21.2.